The van der Waals surface area contributed by atoms with Crippen molar-refractivity contribution >= 4 is 16.9 Å². The van der Waals surface area contributed by atoms with Gasteiger partial charge in [0.05, 0.1) is 11.1 Å². The van der Waals surface area contributed by atoms with E-state index in [1.54, 1.807) is 12.1 Å². The van der Waals surface area contributed by atoms with Crippen molar-refractivity contribution in [2.24, 2.45) is 0 Å². The van der Waals surface area contributed by atoms with Gasteiger partial charge in [0.1, 0.15) is 12.4 Å². The molecule has 4 aromatic rings. The van der Waals surface area contributed by atoms with Crippen LogP contribution in [0.3, 0.4) is 0 Å². The monoisotopic (exact) mass is 411 g/mol. The number of carboxylic acid groups (broad SMARTS) is 1. The molecule has 1 aromatic heterocycles. The van der Waals surface area contributed by atoms with Gasteiger partial charge in [-0.15, -0.1) is 0 Å². The first kappa shape index (κ1) is 20.6. The van der Waals surface area contributed by atoms with Gasteiger partial charge in [0.25, 0.3) is 0 Å². The Labute approximate surface area is 182 Å². The molecule has 0 aliphatic heterocycles. The summed E-state index contributed by atoms with van der Waals surface area (Å²) in [7, 11) is 0. The second-order valence-electron chi connectivity index (χ2n) is 7.57. The Balaban J connectivity index is 1.55. The molecular formula is C27H25NO3. The molecule has 31 heavy (non-hydrogen) atoms. The molecule has 4 rings (SSSR count). The second-order valence-corrected chi connectivity index (χ2v) is 7.57. The standard InChI is InChI=1S/C27H25NO3/c1-2-3-8-21-17-26(24-11-6-7-12-25(24)28-21)31-18-19-13-15-20(16-14-19)22-9-4-5-10-23(22)27(29)30/h4-7,9-17H,2-3,8,18H2,1H3,(H,29,30). The third-order valence-corrected chi connectivity index (χ3v) is 5.33. The van der Waals surface area contributed by atoms with Crippen molar-refractivity contribution in [2.45, 2.75) is 32.8 Å². The number of ether oxygens (including phenoxy) is 1. The summed E-state index contributed by atoms with van der Waals surface area (Å²) in [6, 6.07) is 25.0. The van der Waals surface area contributed by atoms with Crippen molar-refractivity contribution in [3.63, 3.8) is 0 Å². The third kappa shape index (κ3) is 4.75. The predicted octanol–water partition coefficient (Wildman–Crippen LogP) is 6.52. The molecule has 4 nitrogen and oxygen atoms in total. The van der Waals surface area contributed by atoms with Crippen LogP contribution in [0.25, 0.3) is 22.0 Å². The third-order valence-electron chi connectivity index (χ3n) is 5.33. The van der Waals surface area contributed by atoms with Crippen LogP contribution in [0.1, 0.15) is 41.4 Å². The van der Waals surface area contributed by atoms with Crippen LogP contribution in [-0.4, -0.2) is 16.1 Å². The number of benzene rings is 3. The number of hydrogen-bond donors (Lipinski definition) is 1. The Kier molecular flexibility index (Phi) is 6.27. The number of carbonyl (C=O) groups is 1. The van der Waals surface area contributed by atoms with Gasteiger partial charge >= 0.3 is 5.97 Å². The van der Waals surface area contributed by atoms with Crippen LogP contribution in [0.5, 0.6) is 5.75 Å². The minimum absolute atomic E-state index is 0.300. The van der Waals surface area contributed by atoms with Crippen LogP contribution in [-0.2, 0) is 13.0 Å². The molecule has 0 saturated carbocycles. The van der Waals surface area contributed by atoms with Gasteiger partial charge in [0, 0.05) is 17.1 Å². The molecule has 0 aliphatic rings. The van der Waals surface area contributed by atoms with Crippen molar-refractivity contribution in [2.75, 3.05) is 0 Å². The Morgan fingerprint density at radius 2 is 1.71 bits per heavy atom. The Morgan fingerprint density at radius 1 is 0.968 bits per heavy atom. The minimum Gasteiger partial charge on any atom is -0.488 e. The quantitative estimate of drug-likeness (QED) is 0.358. The first-order valence-electron chi connectivity index (χ1n) is 10.6. The zero-order valence-corrected chi connectivity index (χ0v) is 17.5. The highest BCUT2D eigenvalue weighted by Gasteiger charge is 2.11. The number of hydrogen-bond acceptors (Lipinski definition) is 3. The van der Waals surface area contributed by atoms with E-state index in [0.29, 0.717) is 17.7 Å². The summed E-state index contributed by atoms with van der Waals surface area (Å²) < 4.78 is 6.20. The normalized spacial score (nSPS) is 10.9. The highest BCUT2D eigenvalue weighted by atomic mass is 16.5. The average Bonchev–Trinajstić information content (AvgIpc) is 2.81. The summed E-state index contributed by atoms with van der Waals surface area (Å²) in [6.07, 6.45) is 3.17. The van der Waals surface area contributed by atoms with Crippen molar-refractivity contribution in [1.29, 1.82) is 0 Å². The van der Waals surface area contributed by atoms with Crippen molar-refractivity contribution < 1.29 is 14.6 Å². The number of rotatable bonds is 8. The maximum atomic E-state index is 11.5. The van der Waals surface area contributed by atoms with Crippen LogP contribution in [0, 0.1) is 0 Å². The van der Waals surface area contributed by atoms with E-state index in [1.165, 1.54) is 0 Å². The zero-order chi connectivity index (χ0) is 21.6. The summed E-state index contributed by atoms with van der Waals surface area (Å²) in [5.41, 5.74) is 4.91. The molecule has 156 valence electrons. The number of unbranched alkanes of at least 4 members (excludes halogenated alkanes) is 1. The molecule has 0 fully saturated rings. The number of aromatic nitrogens is 1. The number of pyridine rings is 1. The van der Waals surface area contributed by atoms with Crippen molar-refractivity contribution in [3.05, 3.63) is 95.7 Å². The van der Waals surface area contributed by atoms with Crippen LogP contribution < -0.4 is 4.74 Å². The van der Waals surface area contributed by atoms with Crippen LogP contribution in [0.2, 0.25) is 0 Å². The Morgan fingerprint density at radius 3 is 2.48 bits per heavy atom. The van der Waals surface area contributed by atoms with E-state index < -0.39 is 5.97 Å². The fourth-order valence-electron chi connectivity index (χ4n) is 3.66. The van der Waals surface area contributed by atoms with E-state index in [1.807, 2.05) is 60.7 Å². The van der Waals surface area contributed by atoms with Crippen LogP contribution in [0.4, 0.5) is 0 Å². The minimum atomic E-state index is -0.925. The van der Waals surface area contributed by atoms with E-state index >= 15 is 0 Å². The molecule has 0 spiro atoms. The van der Waals surface area contributed by atoms with Gasteiger partial charge in [0.15, 0.2) is 0 Å². The van der Waals surface area contributed by atoms with E-state index in [4.69, 9.17) is 9.72 Å². The molecule has 1 N–H and O–H groups in total. The molecule has 0 saturated heterocycles. The highest BCUT2D eigenvalue weighted by molar-refractivity contribution is 5.96. The lowest BCUT2D eigenvalue weighted by molar-refractivity contribution is 0.0697. The summed E-state index contributed by atoms with van der Waals surface area (Å²) in [5, 5.41) is 10.4. The van der Waals surface area contributed by atoms with E-state index in [2.05, 4.69) is 13.0 Å². The number of aryl methyl sites for hydroxylation is 1. The Hall–Kier alpha value is -3.66. The van der Waals surface area contributed by atoms with Gasteiger partial charge in [-0.1, -0.05) is 67.9 Å². The van der Waals surface area contributed by atoms with E-state index in [9.17, 15) is 9.90 Å². The van der Waals surface area contributed by atoms with E-state index in [0.717, 1.165) is 52.7 Å². The lowest BCUT2D eigenvalue weighted by Crippen LogP contribution is -2.00. The van der Waals surface area contributed by atoms with Gasteiger partial charge in [-0.2, -0.15) is 0 Å². The average molecular weight is 412 g/mol. The fourth-order valence-corrected chi connectivity index (χ4v) is 3.66. The highest BCUT2D eigenvalue weighted by Crippen LogP contribution is 2.28. The van der Waals surface area contributed by atoms with Crippen LogP contribution in [0.15, 0.2) is 78.9 Å². The van der Waals surface area contributed by atoms with E-state index in [-0.39, 0.29) is 0 Å². The van der Waals surface area contributed by atoms with Gasteiger partial charge in [-0.3, -0.25) is 4.98 Å². The smallest absolute Gasteiger partial charge is 0.336 e. The molecule has 0 aliphatic carbocycles. The molecule has 3 aromatic carbocycles. The topological polar surface area (TPSA) is 59.4 Å². The Bertz CT molecular complexity index is 1200. The molecule has 0 unspecified atom stereocenters. The van der Waals surface area contributed by atoms with Crippen molar-refractivity contribution in [3.8, 4) is 16.9 Å². The fraction of sp³-hybridized carbons (Fsp3) is 0.185. The zero-order valence-electron chi connectivity index (χ0n) is 17.5. The first-order valence-corrected chi connectivity index (χ1v) is 10.6. The maximum Gasteiger partial charge on any atom is 0.336 e. The summed E-state index contributed by atoms with van der Waals surface area (Å²) in [5.74, 6) is -0.0801. The summed E-state index contributed by atoms with van der Waals surface area (Å²) in [4.78, 5) is 16.3. The van der Waals surface area contributed by atoms with Gasteiger partial charge < -0.3 is 9.84 Å². The van der Waals surface area contributed by atoms with Crippen LogP contribution >= 0.6 is 0 Å². The summed E-state index contributed by atoms with van der Waals surface area (Å²) >= 11 is 0. The molecule has 0 amide bonds. The molecule has 1 heterocycles. The maximum absolute atomic E-state index is 11.5. The first-order chi connectivity index (χ1) is 15.2. The molecular weight excluding hydrogens is 386 g/mol. The number of nitrogens with zero attached hydrogens (tertiary/aromatic N) is 1. The number of fused-ring (bicyclic) bond motifs is 1. The number of carboxylic acids is 1. The molecule has 0 atom stereocenters. The SMILES string of the molecule is CCCCc1cc(OCc2ccc(-c3ccccc3C(=O)O)cc2)c2ccccc2n1. The van der Waals surface area contributed by atoms with Gasteiger partial charge in [0.2, 0.25) is 0 Å². The molecule has 0 bridgehead atoms. The largest absolute Gasteiger partial charge is 0.488 e. The number of aromatic carboxylic acids is 1. The lowest BCUT2D eigenvalue weighted by atomic mass is 9.99. The van der Waals surface area contributed by atoms with Crippen molar-refractivity contribution in [1.82, 2.24) is 4.98 Å². The van der Waals surface area contributed by atoms with Gasteiger partial charge in [-0.25, -0.2) is 4.79 Å². The lowest BCUT2D eigenvalue weighted by Gasteiger charge is -2.12. The number of para-hydroxylation sites is 1. The second kappa shape index (κ2) is 9.43. The summed E-state index contributed by atoms with van der Waals surface area (Å²) in [6.45, 7) is 2.61. The van der Waals surface area contributed by atoms with Gasteiger partial charge in [-0.05, 0) is 47.7 Å². The molecule has 4 heteroatoms. The molecule has 0 radical (unpaired) electrons. The predicted molar refractivity (Wildman–Crippen MR) is 124 cm³/mol.